The minimum absolute atomic E-state index is 1.09. The van der Waals surface area contributed by atoms with Crippen LogP contribution in [0.25, 0.3) is 0 Å². The van der Waals surface area contributed by atoms with Gasteiger partial charge in [0.25, 0.3) is 0 Å². The van der Waals surface area contributed by atoms with Gasteiger partial charge in [-0.05, 0) is 0 Å². The van der Waals surface area contributed by atoms with Crippen molar-refractivity contribution in [2.24, 2.45) is 0 Å². The van der Waals surface area contributed by atoms with E-state index in [2.05, 4.69) is 46.8 Å². The first-order valence-electron chi connectivity index (χ1n) is 3.43. The third kappa shape index (κ3) is 1.79. The fraction of sp³-hybridized carbons (Fsp3) is 0.222. The van der Waals surface area contributed by atoms with E-state index in [0.717, 1.165) is 6.42 Å². The van der Waals surface area contributed by atoms with Gasteiger partial charge in [-0.15, -0.1) is 0 Å². The molecule has 1 rings (SSSR count). The van der Waals surface area contributed by atoms with Gasteiger partial charge in [-0.3, -0.25) is 0 Å². The molecule has 0 radical (unpaired) electrons. The van der Waals surface area contributed by atoms with E-state index >= 15 is 0 Å². The zero-order chi connectivity index (χ0) is 7.40. The van der Waals surface area contributed by atoms with Gasteiger partial charge in [-0.25, -0.2) is 0 Å². The van der Waals surface area contributed by atoms with Crippen molar-refractivity contribution in [1.82, 2.24) is 0 Å². The van der Waals surface area contributed by atoms with Crippen LogP contribution in [0.5, 0.6) is 0 Å². The Morgan fingerprint density at radius 2 is 1.90 bits per heavy atom. The van der Waals surface area contributed by atoms with Crippen LogP contribution in [0, 0.1) is 0 Å². The molecule has 0 bridgehead atoms. The molecule has 1 heteroatoms. The Labute approximate surface area is 69.6 Å². The van der Waals surface area contributed by atoms with Crippen LogP contribution in [0.1, 0.15) is 18.9 Å². The quantitative estimate of drug-likeness (QED) is 0.634. The normalized spacial score (nSPS) is 9.30. The Hall–Kier alpha value is -0.391. The summed E-state index contributed by atoms with van der Waals surface area (Å²) in [5.74, 6) is 0. The van der Waals surface area contributed by atoms with Crippen LogP contribution in [0.4, 0.5) is 0 Å². The molecule has 0 saturated heterocycles. The Balaban J connectivity index is 2.85. The molecule has 0 N–H and O–H groups in total. The molecule has 1 aromatic carbocycles. The second-order valence-corrected chi connectivity index (χ2v) is 3.18. The number of hydrogen-bond donors (Lipinski definition) is 0. The van der Waals surface area contributed by atoms with Crippen molar-refractivity contribution in [3.63, 3.8) is 0 Å². The molecule has 0 aromatic heterocycles. The summed E-state index contributed by atoms with van der Waals surface area (Å²) in [6.45, 7) is 2.15. The molecule has 0 aliphatic rings. The Morgan fingerprint density at radius 3 is 2.40 bits per heavy atom. The van der Waals surface area contributed by atoms with E-state index in [0.29, 0.717) is 0 Å². The first-order chi connectivity index (χ1) is 4.84. The van der Waals surface area contributed by atoms with Gasteiger partial charge in [0.2, 0.25) is 0 Å². The monoisotopic (exact) mass is 198 g/mol. The predicted molar refractivity (Wildman–Crippen MR) is 46.6 cm³/mol. The van der Waals surface area contributed by atoms with Crippen molar-refractivity contribution < 1.29 is 0 Å². The molecular formula is C9H10Se. The minimum atomic E-state index is 1.09. The molecule has 0 amide bonds. The first-order valence-corrected chi connectivity index (χ1v) is 4.28. The molecule has 52 valence electrons. The van der Waals surface area contributed by atoms with Crippen LogP contribution >= 0.6 is 0 Å². The summed E-state index contributed by atoms with van der Waals surface area (Å²) in [5, 5.41) is 0. The number of rotatable bonds is 2. The van der Waals surface area contributed by atoms with Crippen molar-refractivity contribution in [3.8, 4) is 0 Å². The summed E-state index contributed by atoms with van der Waals surface area (Å²) in [6, 6.07) is 10.4. The molecule has 0 atom stereocenters. The van der Waals surface area contributed by atoms with Crippen LogP contribution in [0.3, 0.4) is 0 Å². The van der Waals surface area contributed by atoms with Crippen molar-refractivity contribution in [2.75, 3.05) is 0 Å². The Morgan fingerprint density at radius 1 is 1.30 bits per heavy atom. The van der Waals surface area contributed by atoms with E-state index in [1.54, 1.807) is 0 Å². The van der Waals surface area contributed by atoms with E-state index < -0.39 is 0 Å². The standard InChI is InChI=1S/C9H10Se/c1-2-9(10)8-6-4-3-5-7-8/h3-7H,2H2,1H3. The summed E-state index contributed by atoms with van der Waals surface area (Å²) < 4.78 is 1.33. The van der Waals surface area contributed by atoms with Gasteiger partial charge in [0, 0.05) is 0 Å². The molecule has 0 aliphatic carbocycles. The van der Waals surface area contributed by atoms with Crippen molar-refractivity contribution in [2.45, 2.75) is 13.3 Å². The molecular weight excluding hydrogens is 187 g/mol. The third-order valence-corrected chi connectivity index (χ3v) is 2.52. The summed E-state index contributed by atoms with van der Waals surface area (Å²) in [5.41, 5.74) is 1.31. The van der Waals surface area contributed by atoms with Gasteiger partial charge in [-0.2, -0.15) is 0 Å². The molecule has 0 heterocycles. The summed E-state index contributed by atoms with van der Waals surface area (Å²) >= 11 is 3.06. The third-order valence-electron chi connectivity index (χ3n) is 1.42. The topological polar surface area (TPSA) is 0 Å². The fourth-order valence-electron chi connectivity index (χ4n) is 0.828. The van der Waals surface area contributed by atoms with Crippen LogP contribution in [-0.2, 0) is 0 Å². The van der Waals surface area contributed by atoms with Gasteiger partial charge < -0.3 is 0 Å². The fourth-order valence-corrected chi connectivity index (χ4v) is 1.11. The van der Waals surface area contributed by atoms with Gasteiger partial charge in [0.15, 0.2) is 0 Å². The molecule has 0 saturated carbocycles. The van der Waals surface area contributed by atoms with Crippen LogP contribution in [0.15, 0.2) is 30.3 Å². The van der Waals surface area contributed by atoms with Gasteiger partial charge in [-0.1, -0.05) is 0 Å². The van der Waals surface area contributed by atoms with Crippen LogP contribution < -0.4 is 0 Å². The molecule has 0 aliphatic heterocycles. The number of hydrogen-bond acceptors (Lipinski definition) is 0. The maximum atomic E-state index is 3.06. The molecule has 10 heavy (non-hydrogen) atoms. The van der Waals surface area contributed by atoms with Crippen molar-refractivity contribution in [1.29, 1.82) is 0 Å². The van der Waals surface area contributed by atoms with E-state index in [1.807, 2.05) is 6.07 Å². The summed E-state index contributed by atoms with van der Waals surface area (Å²) in [4.78, 5) is 0. The van der Waals surface area contributed by atoms with Crippen LogP contribution in [0.2, 0.25) is 0 Å². The SMILES string of the molecule is CCC(=[Se])c1ccccc1. The van der Waals surface area contributed by atoms with Gasteiger partial charge in [0.05, 0.1) is 0 Å². The van der Waals surface area contributed by atoms with Gasteiger partial charge in [0.1, 0.15) is 0 Å². The molecule has 0 unspecified atom stereocenters. The average molecular weight is 197 g/mol. The van der Waals surface area contributed by atoms with Crippen molar-refractivity contribution >= 4 is 20.0 Å². The molecule has 1 aromatic rings. The van der Waals surface area contributed by atoms with E-state index in [4.69, 9.17) is 0 Å². The average Bonchev–Trinajstić information content (AvgIpc) is 2.05. The second-order valence-electron chi connectivity index (χ2n) is 2.14. The predicted octanol–water partition coefficient (Wildman–Crippen LogP) is 1.79. The zero-order valence-electron chi connectivity index (χ0n) is 6.00. The van der Waals surface area contributed by atoms with Crippen LogP contribution in [-0.4, -0.2) is 20.0 Å². The molecule has 0 fully saturated rings. The van der Waals surface area contributed by atoms with E-state index in [9.17, 15) is 0 Å². The Bertz CT molecular complexity index is 213. The van der Waals surface area contributed by atoms with Gasteiger partial charge >= 0.3 is 69.2 Å². The van der Waals surface area contributed by atoms with E-state index in [-0.39, 0.29) is 0 Å². The summed E-state index contributed by atoms with van der Waals surface area (Å²) in [7, 11) is 0. The molecule has 0 spiro atoms. The summed E-state index contributed by atoms with van der Waals surface area (Å²) in [6.07, 6.45) is 1.09. The first kappa shape index (κ1) is 7.71. The maximum absolute atomic E-state index is 3.06. The van der Waals surface area contributed by atoms with E-state index in [1.165, 1.54) is 9.98 Å². The Kier molecular flexibility index (Phi) is 2.85. The van der Waals surface area contributed by atoms with Crippen molar-refractivity contribution in [3.05, 3.63) is 35.9 Å². The number of benzene rings is 1. The molecule has 0 nitrogen and oxygen atoms in total. The second kappa shape index (κ2) is 3.70. The zero-order valence-corrected chi connectivity index (χ0v) is 7.72.